The average Bonchev–Trinajstić information content (AvgIpc) is 3.14. The van der Waals surface area contributed by atoms with Crippen LogP contribution in [0.2, 0.25) is 0 Å². The van der Waals surface area contributed by atoms with Crippen LogP contribution in [0.1, 0.15) is 88.2 Å². The summed E-state index contributed by atoms with van der Waals surface area (Å²) in [5.74, 6) is -1.63. The zero-order valence-corrected chi connectivity index (χ0v) is 33.7. The van der Waals surface area contributed by atoms with E-state index in [1.807, 2.05) is 20.8 Å². The number of esters is 1. The van der Waals surface area contributed by atoms with Gasteiger partial charge < -0.3 is 44.2 Å². The first-order chi connectivity index (χ1) is 26.7. The van der Waals surface area contributed by atoms with Gasteiger partial charge in [-0.3, -0.25) is 19.4 Å². The molecule has 3 N–H and O–H groups in total. The number of carbonyl (C=O) groups is 4. The van der Waals surface area contributed by atoms with Gasteiger partial charge in [0.15, 0.2) is 9.84 Å². The molecule has 2 amide bonds. The van der Waals surface area contributed by atoms with Crippen molar-refractivity contribution in [2.24, 2.45) is 0 Å². The van der Waals surface area contributed by atoms with Crippen LogP contribution in [0.3, 0.4) is 0 Å². The number of hydrogen-bond acceptors (Lipinski definition) is 13. The lowest BCUT2D eigenvalue weighted by molar-refractivity contribution is -0.155. The summed E-state index contributed by atoms with van der Waals surface area (Å²) < 4.78 is 57.8. The number of nitrogens with one attached hydrogen (secondary N) is 2. The minimum absolute atomic E-state index is 0.141. The molecular formula is C39H59N3O13S. The molecule has 2 rings (SSSR count). The van der Waals surface area contributed by atoms with Crippen molar-refractivity contribution in [3.8, 4) is 5.75 Å². The molecule has 0 atom stereocenters. The lowest BCUT2D eigenvalue weighted by atomic mass is 10.1. The number of carboxylic acid groups (broad SMARTS) is 1. The van der Waals surface area contributed by atoms with Crippen LogP contribution in [0.15, 0.2) is 47.5 Å². The third-order valence-corrected chi connectivity index (χ3v) is 9.29. The molecule has 0 aliphatic heterocycles. The molecule has 56 heavy (non-hydrogen) atoms. The highest BCUT2D eigenvalue weighted by Gasteiger charge is 2.18. The number of sulfone groups is 1. The molecule has 16 nitrogen and oxygen atoms in total. The average molecular weight is 810 g/mol. The number of pyridine rings is 1. The number of amides is 2. The Kier molecular flexibility index (Phi) is 23.5. The number of unbranched alkanes of at least 4 members (excludes halogenated alkanes) is 6. The van der Waals surface area contributed by atoms with Gasteiger partial charge in [0.05, 0.1) is 68.2 Å². The first-order valence-electron chi connectivity index (χ1n) is 19.0. The predicted molar refractivity (Wildman–Crippen MR) is 206 cm³/mol. The molecule has 0 radical (unpaired) electrons. The Morgan fingerprint density at radius 3 is 1.89 bits per heavy atom. The Balaban J connectivity index is 1.52. The third kappa shape index (κ3) is 23.7. The van der Waals surface area contributed by atoms with Crippen molar-refractivity contribution in [1.82, 2.24) is 15.6 Å². The molecule has 0 aliphatic carbocycles. The molecule has 0 bridgehead atoms. The van der Waals surface area contributed by atoms with E-state index in [1.165, 1.54) is 30.5 Å². The molecule has 0 unspecified atom stereocenters. The van der Waals surface area contributed by atoms with E-state index in [-0.39, 0.29) is 99.9 Å². The molecule has 0 aliphatic rings. The predicted octanol–water partition coefficient (Wildman–Crippen LogP) is 3.89. The van der Waals surface area contributed by atoms with Crippen LogP contribution in [0.25, 0.3) is 0 Å². The minimum atomic E-state index is -3.68. The van der Waals surface area contributed by atoms with Crippen LogP contribution in [0.4, 0.5) is 0 Å². The van der Waals surface area contributed by atoms with E-state index in [4.69, 9.17) is 33.5 Å². The number of nitrogens with zero attached hydrogens (tertiary/aromatic N) is 1. The Bertz CT molecular complexity index is 1550. The number of carboxylic acids is 1. The van der Waals surface area contributed by atoms with Gasteiger partial charge >= 0.3 is 11.9 Å². The van der Waals surface area contributed by atoms with Crippen LogP contribution in [0, 0.1) is 0 Å². The van der Waals surface area contributed by atoms with Gasteiger partial charge in [0.1, 0.15) is 24.6 Å². The van der Waals surface area contributed by atoms with Gasteiger partial charge in [0.25, 0.3) is 5.91 Å². The number of rotatable bonds is 31. The largest absolute Gasteiger partial charge is 0.494 e. The number of benzene rings is 1. The highest BCUT2D eigenvalue weighted by Crippen LogP contribution is 2.20. The summed E-state index contributed by atoms with van der Waals surface area (Å²) in [5.41, 5.74) is 0.136. The van der Waals surface area contributed by atoms with Crippen molar-refractivity contribution in [1.29, 1.82) is 0 Å². The molecule has 1 aromatic heterocycles. The first kappa shape index (κ1) is 48.0. The molecule has 0 saturated carbocycles. The minimum Gasteiger partial charge on any atom is -0.494 e. The van der Waals surface area contributed by atoms with Gasteiger partial charge in [-0.1, -0.05) is 32.1 Å². The summed E-state index contributed by atoms with van der Waals surface area (Å²) in [5, 5.41) is 13.8. The summed E-state index contributed by atoms with van der Waals surface area (Å²) >= 11 is 0. The van der Waals surface area contributed by atoms with Crippen molar-refractivity contribution in [3.63, 3.8) is 0 Å². The smallest absolute Gasteiger partial charge is 0.329 e. The second kappa shape index (κ2) is 27.4. The first-order valence-corrected chi connectivity index (χ1v) is 20.6. The van der Waals surface area contributed by atoms with E-state index in [9.17, 15) is 27.6 Å². The van der Waals surface area contributed by atoms with Gasteiger partial charge in [0, 0.05) is 25.7 Å². The Hall–Kier alpha value is -4.16. The monoisotopic (exact) mass is 809 g/mol. The number of hydrogen-bond donors (Lipinski definition) is 3. The van der Waals surface area contributed by atoms with E-state index in [0.717, 1.165) is 44.9 Å². The van der Waals surface area contributed by atoms with E-state index in [1.54, 1.807) is 12.1 Å². The fraction of sp³-hybridized carbons (Fsp3) is 0.615. The van der Waals surface area contributed by atoms with Crippen LogP contribution in [0.5, 0.6) is 5.75 Å². The zero-order valence-electron chi connectivity index (χ0n) is 32.9. The van der Waals surface area contributed by atoms with Gasteiger partial charge in [-0.05, 0) is 70.0 Å². The maximum atomic E-state index is 13.0. The number of carbonyl (C=O) groups excluding carboxylic acids is 3. The second-order valence-corrected chi connectivity index (χ2v) is 15.7. The lowest BCUT2D eigenvalue weighted by Crippen LogP contribution is -2.31. The van der Waals surface area contributed by atoms with Gasteiger partial charge in [-0.25, -0.2) is 13.2 Å². The molecule has 0 fully saturated rings. The highest BCUT2D eigenvalue weighted by atomic mass is 32.2. The number of aliphatic carboxylic acids is 1. The van der Waals surface area contributed by atoms with Crippen molar-refractivity contribution in [2.45, 2.75) is 88.4 Å². The molecule has 0 spiro atoms. The zero-order chi connectivity index (χ0) is 41.1. The third-order valence-electron chi connectivity index (χ3n) is 7.62. The Labute approximate surface area is 330 Å². The molecule has 0 saturated heterocycles. The molecule has 2 aromatic rings. The highest BCUT2D eigenvalue weighted by molar-refractivity contribution is 7.90. The van der Waals surface area contributed by atoms with Crippen LogP contribution in [-0.4, -0.2) is 120 Å². The maximum absolute atomic E-state index is 13.0. The quantitative estimate of drug-likeness (QED) is 0.0728. The van der Waals surface area contributed by atoms with E-state index < -0.39 is 21.4 Å². The molecule has 1 aromatic carbocycles. The SMILES string of the molecule is CC(C)(C)OC(=O)CCCCCCCCCOc1ccc(S(=O)(=O)Cc2ccc(C(=O)NCCOCCOCC(=O)NCCOCCOCC(=O)O)cn2)cc1. The fourth-order valence-electron chi connectivity index (χ4n) is 4.92. The van der Waals surface area contributed by atoms with E-state index >= 15 is 0 Å². The van der Waals surface area contributed by atoms with Crippen molar-refractivity contribution >= 4 is 33.6 Å². The van der Waals surface area contributed by atoms with E-state index in [2.05, 4.69) is 15.6 Å². The summed E-state index contributed by atoms with van der Waals surface area (Å²) in [6.45, 7) is 7.31. The lowest BCUT2D eigenvalue weighted by Gasteiger charge is -2.19. The van der Waals surface area contributed by atoms with Gasteiger partial charge in [-0.2, -0.15) is 0 Å². The number of ether oxygens (including phenoxy) is 6. The van der Waals surface area contributed by atoms with E-state index in [0.29, 0.717) is 24.5 Å². The van der Waals surface area contributed by atoms with Crippen molar-refractivity contribution < 1.29 is 61.1 Å². The van der Waals surface area contributed by atoms with Crippen molar-refractivity contribution in [2.75, 3.05) is 72.6 Å². The van der Waals surface area contributed by atoms with Gasteiger partial charge in [-0.15, -0.1) is 0 Å². The Morgan fingerprint density at radius 2 is 1.29 bits per heavy atom. The molecule has 1 heterocycles. The molecular weight excluding hydrogens is 751 g/mol. The second-order valence-electron chi connectivity index (χ2n) is 13.8. The Morgan fingerprint density at radius 1 is 0.696 bits per heavy atom. The van der Waals surface area contributed by atoms with Crippen LogP contribution >= 0.6 is 0 Å². The number of aromatic nitrogens is 1. The van der Waals surface area contributed by atoms with Crippen molar-refractivity contribution in [3.05, 3.63) is 53.9 Å². The summed E-state index contributed by atoms with van der Waals surface area (Å²) in [6.07, 6.45) is 8.82. The maximum Gasteiger partial charge on any atom is 0.329 e. The molecule has 17 heteroatoms. The topological polar surface area (TPSA) is 215 Å². The summed E-state index contributed by atoms with van der Waals surface area (Å²) in [6, 6.07) is 9.33. The summed E-state index contributed by atoms with van der Waals surface area (Å²) in [7, 11) is -3.68. The standard InChI is InChI=1S/C39H59N3O13S/c1-39(2,3)55-37(46)11-9-7-5-4-6-8-10-20-54-33-14-16-34(17-15-33)56(48,49)30-32-13-12-31(27-42-32)38(47)41-19-22-51-23-25-52-28-35(43)40-18-21-50-24-26-53-29-36(44)45/h12-17,27H,4-11,18-26,28-30H2,1-3H3,(H,40,43)(H,41,47)(H,44,45). The van der Waals surface area contributed by atoms with Crippen LogP contribution < -0.4 is 15.4 Å². The fourth-order valence-corrected chi connectivity index (χ4v) is 6.20. The molecule has 314 valence electrons. The van der Waals surface area contributed by atoms with Gasteiger partial charge in [0.2, 0.25) is 5.91 Å². The van der Waals surface area contributed by atoms with Crippen LogP contribution in [-0.2, 0) is 53.7 Å². The normalized spacial score (nSPS) is 11.6. The summed E-state index contributed by atoms with van der Waals surface area (Å²) in [4.78, 5) is 50.6.